The van der Waals surface area contributed by atoms with Crippen molar-refractivity contribution >= 4 is 5.95 Å². The van der Waals surface area contributed by atoms with Crippen molar-refractivity contribution in [3.63, 3.8) is 0 Å². The van der Waals surface area contributed by atoms with Crippen LogP contribution in [0.25, 0.3) is 0 Å². The van der Waals surface area contributed by atoms with Gasteiger partial charge >= 0.3 is 0 Å². The van der Waals surface area contributed by atoms with E-state index in [4.69, 9.17) is 0 Å². The molecule has 0 radical (unpaired) electrons. The van der Waals surface area contributed by atoms with Crippen molar-refractivity contribution in [2.75, 3.05) is 31.5 Å². The second-order valence-corrected chi connectivity index (χ2v) is 6.00. The number of nitrogens with zero attached hydrogens (tertiary/aromatic N) is 3. The number of anilines is 1. The Labute approximate surface area is 132 Å². The summed E-state index contributed by atoms with van der Waals surface area (Å²) in [6.45, 7) is 4.52. The number of piperidine rings is 1. The molecule has 2 aromatic rings. The molecule has 1 aromatic carbocycles. The topological polar surface area (TPSA) is 41.0 Å². The molecule has 1 N–H and O–H groups in total. The van der Waals surface area contributed by atoms with Crippen LogP contribution < -0.4 is 5.32 Å². The van der Waals surface area contributed by atoms with Crippen LogP contribution in [0.2, 0.25) is 0 Å². The zero-order valence-electron chi connectivity index (χ0n) is 13.0. The predicted molar refractivity (Wildman–Crippen MR) is 89.8 cm³/mol. The third kappa shape index (κ3) is 4.53. The lowest BCUT2D eigenvalue weighted by Gasteiger charge is -2.32. The highest BCUT2D eigenvalue weighted by Gasteiger charge is 2.19. The lowest BCUT2D eigenvalue weighted by Crippen LogP contribution is -2.39. The average Bonchev–Trinajstić information content (AvgIpc) is 2.60. The Kier molecular flexibility index (Phi) is 5.37. The fraction of sp³-hybridized carbons (Fsp3) is 0.444. The molecule has 1 fully saturated rings. The number of nitrogens with one attached hydrogen (secondary N) is 1. The van der Waals surface area contributed by atoms with Crippen molar-refractivity contribution in [1.29, 1.82) is 0 Å². The molecule has 1 saturated heterocycles. The number of likely N-dealkylation sites (tertiary alicyclic amines) is 1. The van der Waals surface area contributed by atoms with Gasteiger partial charge in [-0.15, -0.1) is 0 Å². The molecule has 4 nitrogen and oxygen atoms in total. The first-order chi connectivity index (χ1) is 10.9. The molecule has 1 aromatic heterocycles. The Morgan fingerprint density at radius 2 is 1.91 bits per heavy atom. The van der Waals surface area contributed by atoms with Gasteiger partial charge in [-0.1, -0.05) is 30.3 Å². The highest BCUT2D eigenvalue weighted by atomic mass is 15.1. The molecular weight excluding hydrogens is 272 g/mol. The van der Waals surface area contributed by atoms with Gasteiger partial charge in [0.15, 0.2) is 0 Å². The first-order valence-electron chi connectivity index (χ1n) is 8.17. The van der Waals surface area contributed by atoms with Gasteiger partial charge in [0.05, 0.1) is 0 Å². The molecule has 0 bridgehead atoms. The zero-order valence-corrected chi connectivity index (χ0v) is 13.0. The predicted octanol–water partition coefficient (Wildman–Crippen LogP) is 2.84. The number of rotatable bonds is 6. The molecule has 4 heteroatoms. The molecule has 0 saturated carbocycles. The summed E-state index contributed by atoms with van der Waals surface area (Å²) in [6, 6.07) is 12.6. The monoisotopic (exact) mass is 296 g/mol. The van der Waals surface area contributed by atoms with Gasteiger partial charge in [0.25, 0.3) is 0 Å². The number of hydrogen-bond donors (Lipinski definition) is 1. The van der Waals surface area contributed by atoms with Gasteiger partial charge in [-0.3, -0.25) is 0 Å². The summed E-state index contributed by atoms with van der Waals surface area (Å²) >= 11 is 0. The van der Waals surface area contributed by atoms with Crippen molar-refractivity contribution in [1.82, 2.24) is 14.9 Å². The van der Waals surface area contributed by atoms with Gasteiger partial charge in [-0.05, 0) is 43.4 Å². The van der Waals surface area contributed by atoms with Crippen molar-refractivity contribution in [2.45, 2.75) is 19.3 Å². The molecule has 1 unspecified atom stereocenters. The summed E-state index contributed by atoms with van der Waals surface area (Å²) in [4.78, 5) is 11.0. The lowest BCUT2D eigenvalue weighted by atomic mass is 9.97. The minimum Gasteiger partial charge on any atom is -0.354 e. The van der Waals surface area contributed by atoms with E-state index in [-0.39, 0.29) is 0 Å². The van der Waals surface area contributed by atoms with Crippen LogP contribution in [0.3, 0.4) is 0 Å². The van der Waals surface area contributed by atoms with Crippen LogP contribution >= 0.6 is 0 Å². The summed E-state index contributed by atoms with van der Waals surface area (Å²) in [6.07, 6.45) is 7.28. The Hall–Kier alpha value is -1.94. The van der Waals surface area contributed by atoms with E-state index in [1.807, 2.05) is 6.07 Å². The van der Waals surface area contributed by atoms with Gasteiger partial charge < -0.3 is 10.2 Å². The van der Waals surface area contributed by atoms with Crippen LogP contribution in [0.1, 0.15) is 18.4 Å². The number of benzene rings is 1. The highest BCUT2D eigenvalue weighted by Crippen LogP contribution is 2.17. The maximum Gasteiger partial charge on any atom is 0.222 e. The highest BCUT2D eigenvalue weighted by molar-refractivity contribution is 5.22. The lowest BCUT2D eigenvalue weighted by molar-refractivity contribution is 0.182. The van der Waals surface area contributed by atoms with E-state index in [2.05, 4.69) is 50.5 Å². The van der Waals surface area contributed by atoms with Crippen LogP contribution in [-0.2, 0) is 6.42 Å². The van der Waals surface area contributed by atoms with Crippen LogP contribution in [0.5, 0.6) is 0 Å². The van der Waals surface area contributed by atoms with Crippen LogP contribution in [0.15, 0.2) is 48.8 Å². The SMILES string of the molecule is c1ccc(CCN2CCCC(CNc3ncccn3)C2)cc1. The Balaban J connectivity index is 1.43. The van der Waals surface area contributed by atoms with E-state index in [1.54, 1.807) is 12.4 Å². The molecule has 1 atom stereocenters. The average molecular weight is 296 g/mol. The summed E-state index contributed by atoms with van der Waals surface area (Å²) in [5, 5.41) is 3.36. The molecule has 0 aliphatic carbocycles. The van der Waals surface area contributed by atoms with Crippen molar-refractivity contribution in [3.8, 4) is 0 Å². The molecule has 22 heavy (non-hydrogen) atoms. The van der Waals surface area contributed by atoms with Crippen molar-refractivity contribution in [2.24, 2.45) is 5.92 Å². The van der Waals surface area contributed by atoms with Crippen molar-refractivity contribution < 1.29 is 0 Å². The van der Waals surface area contributed by atoms with Gasteiger partial charge in [0.2, 0.25) is 5.95 Å². The van der Waals surface area contributed by atoms with Crippen LogP contribution in [-0.4, -0.2) is 41.0 Å². The quantitative estimate of drug-likeness (QED) is 0.890. The zero-order chi connectivity index (χ0) is 15.0. The third-order valence-corrected chi connectivity index (χ3v) is 4.28. The van der Waals surface area contributed by atoms with E-state index in [9.17, 15) is 0 Å². The van der Waals surface area contributed by atoms with E-state index < -0.39 is 0 Å². The standard InChI is InChI=1S/C18H24N4/c1-2-6-16(7-3-1)9-13-22-12-4-8-17(15-22)14-21-18-19-10-5-11-20-18/h1-3,5-7,10-11,17H,4,8-9,12-15H2,(H,19,20,21). The molecule has 116 valence electrons. The van der Waals surface area contributed by atoms with Gasteiger partial charge in [-0.2, -0.15) is 0 Å². The molecule has 3 rings (SSSR count). The molecule has 0 spiro atoms. The van der Waals surface area contributed by atoms with E-state index in [0.29, 0.717) is 5.92 Å². The summed E-state index contributed by atoms with van der Waals surface area (Å²) < 4.78 is 0. The minimum atomic E-state index is 0.688. The molecule has 2 heterocycles. The molecule has 1 aliphatic rings. The minimum absolute atomic E-state index is 0.688. The van der Waals surface area contributed by atoms with Gasteiger partial charge in [-0.25, -0.2) is 9.97 Å². The number of aromatic nitrogens is 2. The fourth-order valence-electron chi connectivity index (χ4n) is 3.08. The van der Waals surface area contributed by atoms with Crippen LogP contribution in [0, 0.1) is 5.92 Å². The normalized spacial score (nSPS) is 19.0. The first-order valence-corrected chi connectivity index (χ1v) is 8.17. The summed E-state index contributed by atoms with van der Waals surface area (Å²) in [5.41, 5.74) is 1.43. The van der Waals surface area contributed by atoms with Gasteiger partial charge in [0.1, 0.15) is 0 Å². The molecular formula is C18H24N4. The smallest absolute Gasteiger partial charge is 0.222 e. The van der Waals surface area contributed by atoms with Crippen molar-refractivity contribution in [3.05, 3.63) is 54.4 Å². The maximum atomic E-state index is 4.22. The van der Waals surface area contributed by atoms with E-state index in [1.165, 1.54) is 31.5 Å². The van der Waals surface area contributed by atoms with Gasteiger partial charge in [0, 0.05) is 32.0 Å². The maximum absolute atomic E-state index is 4.22. The Morgan fingerprint density at radius 3 is 2.73 bits per heavy atom. The third-order valence-electron chi connectivity index (χ3n) is 4.28. The Bertz CT molecular complexity index is 494. The van der Waals surface area contributed by atoms with E-state index in [0.717, 1.165) is 25.5 Å². The summed E-state index contributed by atoms with van der Waals surface area (Å²) in [7, 11) is 0. The Morgan fingerprint density at radius 1 is 1.09 bits per heavy atom. The first kappa shape index (κ1) is 15.0. The molecule has 1 aliphatic heterocycles. The second-order valence-electron chi connectivity index (χ2n) is 6.00. The van der Waals surface area contributed by atoms with Crippen LogP contribution in [0.4, 0.5) is 5.95 Å². The number of hydrogen-bond acceptors (Lipinski definition) is 4. The second kappa shape index (κ2) is 7.90. The molecule has 0 amide bonds. The fourth-order valence-corrected chi connectivity index (χ4v) is 3.08. The summed E-state index contributed by atoms with van der Waals surface area (Å²) in [5.74, 6) is 1.43. The largest absolute Gasteiger partial charge is 0.354 e. The van der Waals surface area contributed by atoms with E-state index >= 15 is 0 Å².